The first-order valence-electron chi connectivity index (χ1n) is 3.18. The van der Waals surface area contributed by atoms with E-state index in [1.165, 1.54) is 0 Å². The van der Waals surface area contributed by atoms with Gasteiger partial charge in [0.05, 0.1) is 0 Å². The van der Waals surface area contributed by atoms with Crippen molar-refractivity contribution < 1.29 is 4.74 Å². The second kappa shape index (κ2) is 5.44. The molecule has 60 valence electrons. The lowest BCUT2D eigenvalue weighted by molar-refractivity contribution is 0.189. The van der Waals surface area contributed by atoms with E-state index in [2.05, 4.69) is 0 Å². The molecule has 2 N–H and O–H groups in total. The van der Waals surface area contributed by atoms with E-state index in [1.54, 1.807) is 7.11 Å². The molecule has 0 amide bonds. The van der Waals surface area contributed by atoms with Gasteiger partial charge in [0.2, 0.25) is 0 Å². The Bertz CT molecular complexity index is 108. The van der Waals surface area contributed by atoms with Gasteiger partial charge in [-0.3, -0.25) is 0 Å². The first-order chi connectivity index (χ1) is 4.68. The van der Waals surface area contributed by atoms with Crippen LogP contribution in [0.2, 0.25) is 0 Å². The van der Waals surface area contributed by atoms with E-state index in [0.717, 1.165) is 19.6 Å². The average molecular weight is 162 g/mol. The van der Waals surface area contributed by atoms with Crippen LogP contribution in [-0.2, 0) is 4.74 Å². The Morgan fingerprint density at radius 3 is 2.70 bits per heavy atom. The lowest BCUT2D eigenvalue weighted by atomic mass is 10.4. The van der Waals surface area contributed by atoms with E-state index in [-0.39, 0.29) is 0 Å². The van der Waals surface area contributed by atoms with Gasteiger partial charge in [-0.1, -0.05) is 0 Å². The molecule has 0 rings (SSSR count). The van der Waals surface area contributed by atoms with Gasteiger partial charge in [-0.15, -0.1) is 0 Å². The minimum atomic E-state index is 0.441. The zero-order valence-electron chi connectivity index (χ0n) is 6.46. The maximum atomic E-state index is 5.33. The zero-order valence-corrected chi connectivity index (χ0v) is 7.28. The number of hydrogen-bond donors (Lipinski definition) is 1. The first kappa shape index (κ1) is 9.65. The third-order valence-electron chi connectivity index (χ3n) is 1.22. The highest BCUT2D eigenvalue weighted by Crippen LogP contribution is 1.86. The van der Waals surface area contributed by atoms with Crippen LogP contribution in [0.3, 0.4) is 0 Å². The van der Waals surface area contributed by atoms with E-state index < -0.39 is 0 Å². The Hall–Kier alpha value is -0.350. The zero-order chi connectivity index (χ0) is 7.98. The van der Waals surface area contributed by atoms with Crippen LogP contribution in [0.4, 0.5) is 0 Å². The van der Waals surface area contributed by atoms with Gasteiger partial charge in [0.25, 0.3) is 0 Å². The molecule has 0 saturated heterocycles. The molecule has 0 aromatic rings. The van der Waals surface area contributed by atoms with Crippen molar-refractivity contribution in [2.75, 3.05) is 27.3 Å². The number of ether oxygens (including phenoxy) is 1. The summed E-state index contributed by atoms with van der Waals surface area (Å²) in [4.78, 5) is 1.83. The third-order valence-corrected chi connectivity index (χ3v) is 1.53. The molecule has 0 radical (unpaired) electrons. The van der Waals surface area contributed by atoms with Crippen molar-refractivity contribution in [1.82, 2.24) is 4.90 Å². The molecule has 0 aromatic carbocycles. The Kier molecular flexibility index (Phi) is 5.25. The second-order valence-corrected chi connectivity index (χ2v) is 2.52. The van der Waals surface area contributed by atoms with Crippen molar-refractivity contribution in [2.24, 2.45) is 5.73 Å². The molecule has 4 heteroatoms. The standard InChI is InChI=1S/C6H14N2OS/c1-8(6(7)10)4-3-5-9-2/h3-5H2,1-2H3,(H2,7,10). The van der Waals surface area contributed by atoms with Gasteiger partial charge in [-0.2, -0.15) is 0 Å². The monoisotopic (exact) mass is 162 g/mol. The van der Waals surface area contributed by atoms with Gasteiger partial charge in [0.1, 0.15) is 0 Å². The van der Waals surface area contributed by atoms with Crippen molar-refractivity contribution in [2.45, 2.75) is 6.42 Å². The van der Waals surface area contributed by atoms with Crippen molar-refractivity contribution in [1.29, 1.82) is 0 Å². The number of nitrogens with two attached hydrogens (primary N) is 1. The predicted octanol–water partition coefficient (Wildman–Crippen LogP) is 0.198. The Morgan fingerprint density at radius 1 is 1.70 bits per heavy atom. The quantitative estimate of drug-likeness (QED) is 0.473. The van der Waals surface area contributed by atoms with Crippen LogP contribution in [0.15, 0.2) is 0 Å². The summed E-state index contributed by atoms with van der Waals surface area (Å²) in [6.45, 7) is 1.62. The molecule has 10 heavy (non-hydrogen) atoms. The molecule has 0 bridgehead atoms. The number of methoxy groups -OCH3 is 1. The van der Waals surface area contributed by atoms with Crippen molar-refractivity contribution in [3.8, 4) is 0 Å². The van der Waals surface area contributed by atoms with Crippen LogP contribution in [0.1, 0.15) is 6.42 Å². The fourth-order valence-corrected chi connectivity index (χ4v) is 0.648. The Morgan fingerprint density at radius 2 is 2.30 bits per heavy atom. The van der Waals surface area contributed by atoms with Gasteiger partial charge in [-0.05, 0) is 18.6 Å². The maximum absolute atomic E-state index is 5.33. The highest BCUT2D eigenvalue weighted by Gasteiger charge is 1.96. The molecule has 0 atom stereocenters. The first-order valence-corrected chi connectivity index (χ1v) is 3.59. The summed E-state index contributed by atoms with van der Waals surface area (Å²) in [5.74, 6) is 0. The smallest absolute Gasteiger partial charge is 0.166 e. The molecule has 0 fully saturated rings. The van der Waals surface area contributed by atoms with E-state index >= 15 is 0 Å². The Labute approximate surface area is 67.1 Å². The highest BCUT2D eigenvalue weighted by atomic mass is 32.1. The van der Waals surface area contributed by atoms with Crippen LogP contribution in [0, 0.1) is 0 Å². The number of thiocarbonyl (C=S) groups is 1. The normalized spacial score (nSPS) is 9.40. The molecule has 0 aliphatic heterocycles. The number of rotatable bonds is 4. The van der Waals surface area contributed by atoms with Gasteiger partial charge in [0.15, 0.2) is 5.11 Å². The summed E-state index contributed by atoms with van der Waals surface area (Å²) in [5.41, 5.74) is 5.33. The molecule has 0 aliphatic carbocycles. The lowest BCUT2D eigenvalue weighted by Crippen LogP contribution is -2.32. The largest absolute Gasteiger partial charge is 0.385 e. The molecule has 0 heterocycles. The van der Waals surface area contributed by atoms with Crippen LogP contribution in [0.25, 0.3) is 0 Å². The SMILES string of the molecule is COCCCN(C)C(N)=S. The summed E-state index contributed by atoms with van der Waals surface area (Å²) in [5, 5.41) is 0.441. The molecular weight excluding hydrogens is 148 g/mol. The van der Waals surface area contributed by atoms with Gasteiger partial charge >= 0.3 is 0 Å². The van der Waals surface area contributed by atoms with Crippen molar-refractivity contribution in [3.05, 3.63) is 0 Å². The van der Waals surface area contributed by atoms with E-state index in [1.807, 2.05) is 11.9 Å². The van der Waals surface area contributed by atoms with Crippen LogP contribution >= 0.6 is 12.2 Å². The van der Waals surface area contributed by atoms with Gasteiger partial charge in [0, 0.05) is 27.3 Å². The van der Waals surface area contributed by atoms with E-state index in [0.29, 0.717) is 5.11 Å². The summed E-state index contributed by atoms with van der Waals surface area (Å²) in [7, 11) is 3.55. The Balaban J connectivity index is 3.21. The second-order valence-electron chi connectivity index (χ2n) is 2.11. The fraction of sp³-hybridized carbons (Fsp3) is 0.833. The highest BCUT2D eigenvalue weighted by molar-refractivity contribution is 7.80. The molecule has 0 saturated carbocycles. The topological polar surface area (TPSA) is 38.5 Å². The van der Waals surface area contributed by atoms with Crippen LogP contribution in [-0.4, -0.2) is 37.3 Å². The molecule has 0 spiro atoms. The van der Waals surface area contributed by atoms with Crippen LogP contribution in [0.5, 0.6) is 0 Å². The minimum Gasteiger partial charge on any atom is -0.385 e. The summed E-state index contributed by atoms with van der Waals surface area (Å²) < 4.78 is 4.86. The molecule has 3 nitrogen and oxygen atoms in total. The molecule has 0 aromatic heterocycles. The minimum absolute atomic E-state index is 0.441. The summed E-state index contributed by atoms with van der Waals surface area (Å²) in [6, 6.07) is 0. The lowest BCUT2D eigenvalue weighted by Gasteiger charge is -2.15. The van der Waals surface area contributed by atoms with E-state index in [9.17, 15) is 0 Å². The number of hydrogen-bond acceptors (Lipinski definition) is 2. The molecule has 0 unspecified atom stereocenters. The summed E-state index contributed by atoms with van der Waals surface area (Å²) >= 11 is 4.73. The third kappa shape index (κ3) is 4.52. The maximum Gasteiger partial charge on any atom is 0.166 e. The van der Waals surface area contributed by atoms with E-state index in [4.69, 9.17) is 22.7 Å². The van der Waals surface area contributed by atoms with Gasteiger partial charge in [-0.25, -0.2) is 0 Å². The van der Waals surface area contributed by atoms with Crippen molar-refractivity contribution >= 4 is 17.3 Å². The van der Waals surface area contributed by atoms with Crippen LogP contribution < -0.4 is 5.73 Å². The fourth-order valence-electron chi connectivity index (χ4n) is 0.556. The van der Waals surface area contributed by atoms with Crippen molar-refractivity contribution in [3.63, 3.8) is 0 Å². The molecular formula is C6H14N2OS. The summed E-state index contributed by atoms with van der Waals surface area (Å²) in [6.07, 6.45) is 0.963. The number of nitrogens with zero attached hydrogens (tertiary/aromatic N) is 1. The average Bonchev–Trinajstić information content (AvgIpc) is 1.88. The predicted molar refractivity (Wildman–Crippen MR) is 45.9 cm³/mol. The molecule has 0 aliphatic rings. The van der Waals surface area contributed by atoms with Gasteiger partial charge < -0.3 is 15.4 Å².